The molecule has 2 amide bonds. The molecule has 25 heavy (non-hydrogen) atoms. The van der Waals surface area contributed by atoms with Crippen LogP contribution in [0.2, 0.25) is 10.0 Å². The average Bonchev–Trinajstić information content (AvgIpc) is 2.83. The van der Waals surface area contributed by atoms with E-state index in [9.17, 15) is 14.4 Å². The molecule has 2 aromatic carbocycles. The second kappa shape index (κ2) is 7.25. The third kappa shape index (κ3) is 3.67. The van der Waals surface area contributed by atoms with Crippen molar-refractivity contribution < 1.29 is 19.2 Å². The summed E-state index contributed by atoms with van der Waals surface area (Å²) in [5, 5.41) is 1.44. The van der Waals surface area contributed by atoms with Gasteiger partial charge in [0, 0.05) is 6.42 Å². The molecule has 0 N–H and O–H groups in total. The normalized spacial score (nSPS) is 13.1. The van der Waals surface area contributed by atoms with E-state index in [1.165, 1.54) is 12.1 Å². The number of rotatable bonds is 5. The lowest BCUT2D eigenvalue weighted by molar-refractivity contribution is -0.168. The SMILES string of the molecule is O=C(CCCc1ccc(Cl)c(Cl)c1)ON1C(=O)c2ccccc2C1=O. The average molecular weight is 378 g/mol. The zero-order chi connectivity index (χ0) is 18.0. The second-order valence-corrected chi connectivity index (χ2v) is 6.33. The van der Waals surface area contributed by atoms with E-state index in [2.05, 4.69) is 0 Å². The fourth-order valence-electron chi connectivity index (χ4n) is 2.53. The quantitative estimate of drug-likeness (QED) is 0.736. The number of hydroxylamine groups is 2. The van der Waals surface area contributed by atoms with Gasteiger partial charge in [-0.15, -0.1) is 0 Å². The van der Waals surface area contributed by atoms with Crippen LogP contribution in [0.1, 0.15) is 39.1 Å². The van der Waals surface area contributed by atoms with Gasteiger partial charge in [0.25, 0.3) is 11.8 Å². The molecule has 3 rings (SSSR count). The Morgan fingerprint density at radius 1 is 0.960 bits per heavy atom. The van der Waals surface area contributed by atoms with Gasteiger partial charge >= 0.3 is 5.97 Å². The van der Waals surface area contributed by atoms with Crippen LogP contribution in [0, 0.1) is 0 Å². The molecule has 0 fully saturated rings. The first kappa shape index (κ1) is 17.5. The molecule has 0 aromatic heterocycles. The van der Waals surface area contributed by atoms with Gasteiger partial charge in [0.15, 0.2) is 0 Å². The van der Waals surface area contributed by atoms with Gasteiger partial charge in [-0.3, -0.25) is 9.59 Å². The highest BCUT2D eigenvalue weighted by molar-refractivity contribution is 6.42. The predicted molar refractivity (Wildman–Crippen MR) is 92.4 cm³/mol. The molecule has 0 bridgehead atoms. The fourth-order valence-corrected chi connectivity index (χ4v) is 2.85. The number of aryl methyl sites for hydroxylation is 1. The molecule has 0 unspecified atom stereocenters. The van der Waals surface area contributed by atoms with Gasteiger partial charge in [0.1, 0.15) is 0 Å². The summed E-state index contributed by atoms with van der Waals surface area (Å²) < 4.78 is 0. The number of halogens is 2. The number of carbonyl (C=O) groups is 3. The minimum absolute atomic E-state index is 0.0631. The van der Waals surface area contributed by atoms with Gasteiger partial charge in [0.2, 0.25) is 0 Å². The first-order valence-electron chi connectivity index (χ1n) is 7.60. The summed E-state index contributed by atoms with van der Waals surface area (Å²) in [6, 6.07) is 11.6. The minimum Gasteiger partial charge on any atom is -0.330 e. The van der Waals surface area contributed by atoms with Crippen molar-refractivity contribution >= 4 is 41.0 Å². The van der Waals surface area contributed by atoms with Gasteiger partial charge in [0.05, 0.1) is 21.2 Å². The van der Waals surface area contributed by atoms with Crippen LogP contribution in [0.25, 0.3) is 0 Å². The summed E-state index contributed by atoms with van der Waals surface area (Å²) in [7, 11) is 0. The largest absolute Gasteiger partial charge is 0.333 e. The maximum absolute atomic E-state index is 12.1. The number of benzene rings is 2. The van der Waals surface area contributed by atoms with Crippen LogP contribution in [0.5, 0.6) is 0 Å². The van der Waals surface area contributed by atoms with Crippen molar-refractivity contribution in [2.45, 2.75) is 19.3 Å². The zero-order valence-corrected chi connectivity index (χ0v) is 14.5. The Morgan fingerprint density at radius 3 is 2.20 bits per heavy atom. The lowest BCUT2D eigenvalue weighted by Gasteiger charge is -2.12. The van der Waals surface area contributed by atoms with Crippen LogP contribution in [0.15, 0.2) is 42.5 Å². The summed E-state index contributed by atoms with van der Waals surface area (Å²) in [5.74, 6) is -1.90. The predicted octanol–water partition coefficient (Wildman–Crippen LogP) is 4.07. The minimum atomic E-state index is -0.644. The first-order chi connectivity index (χ1) is 12.0. The standard InChI is InChI=1S/C18H13Cl2NO4/c19-14-9-8-11(10-15(14)20)4-3-7-16(22)25-21-17(23)12-5-1-2-6-13(12)18(21)24/h1-2,5-6,8-10H,3-4,7H2. The molecule has 1 heterocycles. The van der Waals surface area contributed by atoms with E-state index < -0.39 is 17.8 Å². The van der Waals surface area contributed by atoms with Gasteiger partial charge in [-0.05, 0) is 42.7 Å². The van der Waals surface area contributed by atoms with Gasteiger partial charge in [-0.2, -0.15) is 0 Å². The van der Waals surface area contributed by atoms with Crippen molar-refractivity contribution in [3.05, 3.63) is 69.2 Å². The van der Waals surface area contributed by atoms with Gasteiger partial charge in [-0.25, -0.2) is 4.79 Å². The number of imide groups is 1. The van der Waals surface area contributed by atoms with E-state index in [0.717, 1.165) is 5.56 Å². The summed E-state index contributed by atoms with van der Waals surface area (Å²) >= 11 is 11.8. The Hall–Kier alpha value is -2.37. The summed E-state index contributed by atoms with van der Waals surface area (Å²) in [4.78, 5) is 41.1. The van der Waals surface area contributed by atoms with Crippen molar-refractivity contribution in [3.63, 3.8) is 0 Å². The number of amides is 2. The monoisotopic (exact) mass is 377 g/mol. The third-order valence-corrected chi connectivity index (χ3v) is 4.52. The van der Waals surface area contributed by atoms with E-state index in [1.807, 2.05) is 6.07 Å². The molecule has 7 heteroatoms. The lowest BCUT2D eigenvalue weighted by Crippen LogP contribution is -2.32. The van der Waals surface area contributed by atoms with E-state index in [4.69, 9.17) is 28.0 Å². The molecule has 0 spiro atoms. The highest BCUT2D eigenvalue weighted by Gasteiger charge is 2.38. The molecule has 0 saturated heterocycles. The number of nitrogens with zero attached hydrogens (tertiary/aromatic N) is 1. The molecule has 0 atom stereocenters. The molecule has 0 saturated carbocycles. The maximum atomic E-state index is 12.1. The Morgan fingerprint density at radius 2 is 1.60 bits per heavy atom. The van der Waals surface area contributed by atoms with Crippen molar-refractivity contribution in [2.24, 2.45) is 0 Å². The fraction of sp³-hybridized carbons (Fsp3) is 0.167. The highest BCUT2D eigenvalue weighted by atomic mass is 35.5. The number of hydrogen-bond donors (Lipinski definition) is 0. The third-order valence-electron chi connectivity index (χ3n) is 3.78. The van der Waals surface area contributed by atoms with Crippen molar-refractivity contribution in [1.29, 1.82) is 0 Å². The molecule has 128 valence electrons. The van der Waals surface area contributed by atoms with Crippen molar-refractivity contribution in [3.8, 4) is 0 Å². The highest BCUT2D eigenvalue weighted by Crippen LogP contribution is 2.24. The van der Waals surface area contributed by atoms with Crippen LogP contribution in [-0.2, 0) is 16.1 Å². The molecule has 0 aliphatic carbocycles. The van der Waals surface area contributed by atoms with Crippen molar-refractivity contribution in [1.82, 2.24) is 5.06 Å². The molecular formula is C18H13Cl2NO4. The zero-order valence-electron chi connectivity index (χ0n) is 13.0. The van der Waals surface area contributed by atoms with Gasteiger partial charge < -0.3 is 4.84 Å². The summed E-state index contributed by atoms with van der Waals surface area (Å²) in [5.41, 5.74) is 1.40. The smallest absolute Gasteiger partial charge is 0.330 e. The lowest BCUT2D eigenvalue weighted by atomic mass is 10.1. The number of hydrogen-bond acceptors (Lipinski definition) is 4. The molecular weight excluding hydrogens is 365 g/mol. The van der Waals surface area contributed by atoms with Crippen LogP contribution in [0.3, 0.4) is 0 Å². The van der Waals surface area contributed by atoms with E-state index in [-0.39, 0.29) is 17.5 Å². The van der Waals surface area contributed by atoms with E-state index >= 15 is 0 Å². The molecule has 1 aliphatic heterocycles. The second-order valence-electron chi connectivity index (χ2n) is 5.52. The Kier molecular flexibility index (Phi) is 5.06. The Bertz CT molecular complexity index is 831. The van der Waals surface area contributed by atoms with Crippen LogP contribution in [0.4, 0.5) is 0 Å². The Balaban J connectivity index is 1.54. The maximum Gasteiger partial charge on any atom is 0.333 e. The van der Waals surface area contributed by atoms with Gasteiger partial charge in [-0.1, -0.05) is 46.5 Å². The molecule has 1 aliphatic rings. The molecule has 5 nitrogen and oxygen atoms in total. The number of carbonyl (C=O) groups excluding carboxylic acids is 3. The number of fused-ring (bicyclic) bond motifs is 1. The topological polar surface area (TPSA) is 63.7 Å². The van der Waals surface area contributed by atoms with E-state index in [1.54, 1.807) is 24.3 Å². The Labute approximate surface area is 154 Å². The van der Waals surface area contributed by atoms with E-state index in [0.29, 0.717) is 28.0 Å². The summed E-state index contributed by atoms with van der Waals surface area (Å²) in [6.45, 7) is 0. The summed E-state index contributed by atoms with van der Waals surface area (Å²) in [6.07, 6.45) is 1.14. The van der Waals surface area contributed by atoms with Crippen molar-refractivity contribution in [2.75, 3.05) is 0 Å². The van der Waals surface area contributed by atoms with Crippen LogP contribution < -0.4 is 0 Å². The first-order valence-corrected chi connectivity index (χ1v) is 8.35. The molecule has 0 radical (unpaired) electrons. The van der Waals surface area contributed by atoms with Crippen LogP contribution in [-0.4, -0.2) is 22.8 Å². The molecule has 2 aromatic rings. The van der Waals surface area contributed by atoms with Crippen LogP contribution >= 0.6 is 23.2 Å².